The van der Waals surface area contributed by atoms with Gasteiger partial charge in [0, 0.05) is 39.4 Å². The minimum Gasteiger partial charge on any atom is -0.381 e. The van der Waals surface area contributed by atoms with Gasteiger partial charge in [-0.25, -0.2) is 0 Å². The van der Waals surface area contributed by atoms with Crippen LogP contribution in [-0.4, -0.2) is 118 Å². The van der Waals surface area contributed by atoms with E-state index in [9.17, 15) is 14.4 Å². The Balaban J connectivity index is 0.00000164. The van der Waals surface area contributed by atoms with Crippen molar-refractivity contribution >= 4 is 22.5 Å². The number of nitrogens with zero attached hydrogens (tertiary/aromatic N) is 2. The van der Waals surface area contributed by atoms with E-state index >= 15 is 0 Å². The molecule has 0 aliphatic carbocycles. The number of hydrogen-bond donors (Lipinski definition) is 0. The molecule has 0 spiro atoms. The largest absolute Gasteiger partial charge is 0.381 e. The molecule has 1 rings (SSSR count). The van der Waals surface area contributed by atoms with E-state index in [-0.39, 0.29) is 44.1 Å². The summed E-state index contributed by atoms with van der Waals surface area (Å²) in [5, 5.41) is 0. The number of likely N-dealkylation sites (N-methyl/N-ethyl adjacent to an activating group) is 1. The smallest absolute Gasteiger partial charge is 0.0466 e. The van der Waals surface area contributed by atoms with Crippen LogP contribution in [0.5, 0.6) is 0 Å². The van der Waals surface area contributed by atoms with Crippen LogP contribution in [0.1, 0.15) is 207 Å². The standard InChI is InChI=1S/C32H58N2O8.C18H38O.V/c1-4-6-7-8-9-10-11-15-24-39-30(35)17-13-12-14-18-31(36)41-27-29(26-38-5-2)28-42-32(37)40-25-16-19-34-22-20-33(3)21-23-34;1-3-5-7-9-11-13-15-17-19-18-16-14-12-10-8-6-4-2;/h29H,4,6-28H2,1-3H3;3-18H2,1-2H3;. The number of carbonyl (C=O) groups is 3. The number of ether oxygens (including phenoxy) is 6. The monoisotopic (exact) mass is 920 g/mol. The van der Waals surface area contributed by atoms with Gasteiger partial charge in [0.15, 0.2) is 0 Å². The van der Waals surface area contributed by atoms with Crippen LogP contribution in [0.3, 0.4) is 0 Å². The molecule has 1 aliphatic heterocycles. The number of esters is 2. The van der Waals surface area contributed by atoms with Crippen molar-refractivity contribution in [3.05, 3.63) is 0 Å². The third kappa shape index (κ3) is 45.1. The fourth-order valence-corrected chi connectivity index (χ4v) is 7.16. The number of piperazine rings is 1. The molecule has 1 heterocycles. The van der Waals surface area contributed by atoms with Crippen molar-refractivity contribution in [2.24, 2.45) is 5.92 Å². The number of carbonyl (C=O) groups excluding carboxylic acids is 3. The quantitative estimate of drug-likeness (QED) is 0.0331. The van der Waals surface area contributed by atoms with Gasteiger partial charge in [-0.2, -0.15) is 0 Å². The van der Waals surface area contributed by atoms with E-state index in [1.165, 1.54) is 128 Å². The SMILES string of the molecule is CCCCCCCCCCOC(=O)CCCCCC(=O)OCC(COC(=O)OCCCN1CCN(C)CC1)CO[C](C)=[V].CCCCCCCCCOCCCCCCCCC. The molecule has 62 heavy (non-hydrogen) atoms. The van der Waals surface area contributed by atoms with Gasteiger partial charge in [0.2, 0.25) is 0 Å². The van der Waals surface area contributed by atoms with Gasteiger partial charge >= 0.3 is 157 Å². The second-order valence-corrected chi connectivity index (χ2v) is 18.4. The summed E-state index contributed by atoms with van der Waals surface area (Å²) in [4.78, 5) is 40.9. The molecule has 0 N–H and O–H groups in total. The minimum absolute atomic E-state index is 0.0337. The molecule has 0 aromatic rings. The second-order valence-electron chi connectivity index (χ2n) is 17.4. The van der Waals surface area contributed by atoms with Crippen LogP contribution in [0, 0.1) is 5.92 Å². The summed E-state index contributed by atoms with van der Waals surface area (Å²) in [7, 11) is 2.12. The number of unbranched alkanes of at least 4 members (excludes halogenated alkanes) is 21. The zero-order chi connectivity index (χ0) is 45.6. The fraction of sp³-hybridized carbons (Fsp3) is 0.920. The molecule has 0 aromatic heterocycles. The van der Waals surface area contributed by atoms with Crippen LogP contribution < -0.4 is 0 Å². The van der Waals surface area contributed by atoms with Gasteiger partial charge in [0.25, 0.3) is 0 Å². The summed E-state index contributed by atoms with van der Waals surface area (Å²) in [6.07, 6.45) is 31.8. The van der Waals surface area contributed by atoms with E-state index in [0.717, 1.165) is 71.6 Å². The first-order valence-corrected chi connectivity index (χ1v) is 26.2. The minimum atomic E-state index is -0.723. The van der Waals surface area contributed by atoms with E-state index in [0.29, 0.717) is 36.9 Å². The average Bonchev–Trinajstić information content (AvgIpc) is 3.26. The Bertz CT molecular complexity index is 1010. The summed E-state index contributed by atoms with van der Waals surface area (Å²) < 4.78 is 33.2. The number of rotatable bonds is 42. The average molecular weight is 920 g/mol. The van der Waals surface area contributed by atoms with Crippen molar-refractivity contribution < 1.29 is 59.8 Å². The zero-order valence-electron chi connectivity index (χ0n) is 40.9. The number of hydrogen-bond acceptors (Lipinski definition) is 11. The Morgan fingerprint density at radius 3 is 1.37 bits per heavy atom. The van der Waals surface area contributed by atoms with Crippen molar-refractivity contribution in [1.29, 1.82) is 0 Å². The molecule has 0 saturated carbocycles. The maximum absolute atomic E-state index is 12.2. The van der Waals surface area contributed by atoms with Crippen LogP contribution in [0.15, 0.2) is 0 Å². The van der Waals surface area contributed by atoms with E-state index in [1.807, 2.05) is 6.92 Å². The Labute approximate surface area is 390 Å². The summed E-state index contributed by atoms with van der Waals surface area (Å²) >= 11 is 2.31. The normalized spacial score (nSPS) is 13.5. The Morgan fingerprint density at radius 1 is 0.468 bits per heavy atom. The molecule has 0 aromatic carbocycles. The molecule has 11 nitrogen and oxygen atoms in total. The van der Waals surface area contributed by atoms with Crippen LogP contribution in [0.25, 0.3) is 0 Å². The predicted molar refractivity (Wildman–Crippen MR) is 250 cm³/mol. The van der Waals surface area contributed by atoms with Gasteiger partial charge in [-0.15, -0.1) is 0 Å². The Morgan fingerprint density at radius 2 is 0.871 bits per heavy atom. The molecule has 12 heteroatoms. The molecule has 365 valence electrons. The molecular weight excluding hydrogens is 823 g/mol. The molecular formula is C50H96N2O9V. The molecule has 0 amide bonds. The molecule has 1 saturated heterocycles. The summed E-state index contributed by atoms with van der Waals surface area (Å²) in [5.41, 5.74) is 0. The molecule has 1 atom stereocenters. The molecule has 1 unspecified atom stereocenters. The fourth-order valence-electron chi connectivity index (χ4n) is 7.04. The van der Waals surface area contributed by atoms with Gasteiger partial charge in [0.05, 0.1) is 6.61 Å². The van der Waals surface area contributed by atoms with E-state index in [1.54, 1.807) is 0 Å². The second kappa shape index (κ2) is 47.5. The first-order valence-electron chi connectivity index (χ1n) is 25.5. The molecule has 1 fully saturated rings. The topological polar surface area (TPSA) is 113 Å². The molecule has 0 bridgehead atoms. The summed E-state index contributed by atoms with van der Waals surface area (Å²) in [6, 6.07) is 0. The zero-order valence-corrected chi connectivity index (χ0v) is 42.3. The van der Waals surface area contributed by atoms with Gasteiger partial charge in [0.1, 0.15) is 0 Å². The maximum Gasteiger partial charge on any atom is 0.0466 e. The third-order valence-corrected chi connectivity index (χ3v) is 11.4. The molecule has 1 aliphatic rings. The van der Waals surface area contributed by atoms with Crippen molar-refractivity contribution in [3.8, 4) is 0 Å². The third-order valence-electron chi connectivity index (χ3n) is 11.2. The van der Waals surface area contributed by atoms with E-state index in [4.69, 9.17) is 28.4 Å². The van der Waals surface area contributed by atoms with E-state index < -0.39 is 6.16 Å². The van der Waals surface area contributed by atoms with Crippen LogP contribution >= 0.6 is 0 Å². The summed E-state index contributed by atoms with van der Waals surface area (Å²) in [6.45, 7) is 16.8. The first kappa shape index (κ1) is 60.5. The van der Waals surface area contributed by atoms with Gasteiger partial charge < -0.3 is 14.4 Å². The van der Waals surface area contributed by atoms with Crippen molar-refractivity contribution in [1.82, 2.24) is 9.80 Å². The van der Waals surface area contributed by atoms with Crippen LogP contribution in [0.2, 0.25) is 0 Å². The van der Waals surface area contributed by atoms with Crippen molar-refractivity contribution in [2.75, 3.05) is 86.0 Å². The maximum atomic E-state index is 12.2. The van der Waals surface area contributed by atoms with Gasteiger partial charge in [-0.3, -0.25) is 4.79 Å². The Kier molecular flexibility index (Phi) is 46.3. The van der Waals surface area contributed by atoms with Crippen LogP contribution in [0.4, 0.5) is 4.79 Å². The van der Waals surface area contributed by atoms with Crippen molar-refractivity contribution in [3.63, 3.8) is 0 Å². The van der Waals surface area contributed by atoms with Crippen molar-refractivity contribution in [2.45, 2.75) is 207 Å². The molecule has 0 radical (unpaired) electrons. The first-order chi connectivity index (χ1) is 30.2. The van der Waals surface area contributed by atoms with E-state index in [2.05, 4.69) is 54.6 Å². The van der Waals surface area contributed by atoms with Gasteiger partial charge in [-0.05, 0) is 26.3 Å². The predicted octanol–water partition coefficient (Wildman–Crippen LogP) is 11.8. The van der Waals surface area contributed by atoms with Crippen LogP contribution in [-0.2, 0) is 55.0 Å². The van der Waals surface area contributed by atoms with Gasteiger partial charge in [-0.1, -0.05) is 143 Å². The Hall–Kier alpha value is -1.50. The summed E-state index contributed by atoms with van der Waals surface area (Å²) in [5.74, 6) is -0.790.